The molecule has 0 aromatic heterocycles. The van der Waals surface area contributed by atoms with Gasteiger partial charge in [-0.25, -0.2) is 4.39 Å². The summed E-state index contributed by atoms with van der Waals surface area (Å²) in [5, 5.41) is 3.42. The van der Waals surface area contributed by atoms with Crippen molar-refractivity contribution in [3.8, 4) is 5.75 Å². The first-order valence-corrected chi connectivity index (χ1v) is 7.20. The van der Waals surface area contributed by atoms with Gasteiger partial charge in [-0.1, -0.05) is 31.2 Å². The van der Waals surface area contributed by atoms with Crippen molar-refractivity contribution in [2.75, 3.05) is 13.7 Å². The van der Waals surface area contributed by atoms with Crippen molar-refractivity contribution in [3.63, 3.8) is 0 Å². The number of aryl methyl sites for hydroxylation is 2. The maximum Gasteiger partial charge on any atom is 0.165 e. The second-order valence-corrected chi connectivity index (χ2v) is 5.23. The molecule has 0 aliphatic heterocycles. The maximum atomic E-state index is 14.0. The molecule has 2 rings (SSSR count). The maximum absolute atomic E-state index is 14.0. The minimum absolute atomic E-state index is 0.0188. The van der Waals surface area contributed by atoms with Crippen LogP contribution in [-0.4, -0.2) is 13.7 Å². The van der Waals surface area contributed by atoms with Gasteiger partial charge in [0.15, 0.2) is 11.6 Å². The zero-order chi connectivity index (χ0) is 15.4. The summed E-state index contributed by atoms with van der Waals surface area (Å²) in [6, 6.07) is 11.5. The summed E-state index contributed by atoms with van der Waals surface area (Å²) in [7, 11) is 1.48. The predicted molar refractivity (Wildman–Crippen MR) is 84.4 cm³/mol. The Kier molecular flexibility index (Phi) is 4.97. The van der Waals surface area contributed by atoms with Gasteiger partial charge < -0.3 is 10.1 Å². The van der Waals surface area contributed by atoms with Crippen LogP contribution in [0.1, 0.15) is 35.2 Å². The Hall–Kier alpha value is -1.87. The highest BCUT2D eigenvalue weighted by Crippen LogP contribution is 2.27. The van der Waals surface area contributed by atoms with Gasteiger partial charge in [0.25, 0.3) is 0 Å². The van der Waals surface area contributed by atoms with Crippen LogP contribution in [0.15, 0.2) is 36.4 Å². The van der Waals surface area contributed by atoms with Crippen molar-refractivity contribution in [2.24, 2.45) is 0 Å². The van der Waals surface area contributed by atoms with Crippen LogP contribution in [0.5, 0.6) is 5.75 Å². The first-order valence-electron chi connectivity index (χ1n) is 7.20. The monoisotopic (exact) mass is 287 g/mol. The summed E-state index contributed by atoms with van der Waals surface area (Å²) in [5.41, 5.74) is 4.54. The quantitative estimate of drug-likeness (QED) is 0.892. The molecule has 3 heteroatoms. The van der Waals surface area contributed by atoms with Gasteiger partial charge in [-0.05, 0) is 54.8 Å². The van der Waals surface area contributed by atoms with E-state index in [-0.39, 0.29) is 17.6 Å². The fraction of sp³-hybridized carbons (Fsp3) is 0.333. The Morgan fingerprint density at radius 2 is 1.71 bits per heavy atom. The summed E-state index contributed by atoms with van der Waals surface area (Å²) in [6.45, 7) is 7.05. The molecule has 2 aromatic rings. The summed E-state index contributed by atoms with van der Waals surface area (Å²) < 4.78 is 18.9. The molecule has 0 saturated carbocycles. The van der Waals surface area contributed by atoms with Gasteiger partial charge in [-0.15, -0.1) is 0 Å². The van der Waals surface area contributed by atoms with Gasteiger partial charge in [0, 0.05) is 0 Å². The number of ether oxygens (including phenoxy) is 1. The molecule has 1 unspecified atom stereocenters. The normalized spacial score (nSPS) is 12.2. The van der Waals surface area contributed by atoms with Crippen molar-refractivity contribution in [1.29, 1.82) is 0 Å². The Labute approximate surface area is 126 Å². The molecule has 2 aromatic carbocycles. The molecule has 0 fully saturated rings. The van der Waals surface area contributed by atoms with Crippen LogP contribution in [-0.2, 0) is 0 Å². The Bertz CT molecular complexity index is 625. The summed E-state index contributed by atoms with van der Waals surface area (Å²) in [5.74, 6) is -0.0594. The minimum atomic E-state index is -0.332. The molecule has 2 nitrogen and oxygen atoms in total. The highest BCUT2D eigenvalue weighted by atomic mass is 19.1. The molecular weight excluding hydrogens is 265 g/mol. The largest absolute Gasteiger partial charge is 0.494 e. The van der Waals surface area contributed by atoms with Gasteiger partial charge >= 0.3 is 0 Å². The van der Waals surface area contributed by atoms with E-state index in [9.17, 15) is 4.39 Å². The van der Waals surface area contributed by atoms with E-state index in [2.05, 4.69) is 37.4 Å². The Morgan fingerprint density at radius 1 is 1.05 bits per heavy atom. The van der Waals surface area contributed by atoms with Gasteiger partial charge in [-0.2, -0.15) is 0 Å². The molecule has 0 amide bonds. The zero-order valence-corrected chi connectivity index (χ0v) is 13.0. The lowest BCUT2D eigenvalue weighted by atomic mass is 9.95. The van der Waals surface area contributed by atoms with E-state index < -0.39 is 0 Å². The van der Waals surface area contributed by atoms with Gasteiger partial charge in [-0.3, -0.25) is 0 Å². The zero-order valence-electron chi connectivity index (χ0n) is 13.0. The van der Waals surface area contributed by atoms with E-state index in [1.165, 1.54) is 18.2 Å². The highest BCUT2D eigenvalue weighted by molar-refractivity contribution is 5.39. The van der Waals surface area contributed by atoms with Gasteiger partial charge in [0.1, 0.15) is 0 Å². The molecule has 0 bridgehead atoms. The van der Waals surface area contributed by atoms with Crippen molar-refractivity contribution >= 4 is 0 Å². The minimum Gasteiger partial charge on any atom is -0.494 e. The number of rotatable bonds is 5. The second kappa shape index (κ2) is 6.72. The number of halogens is 1. The van der Waals surface area contributed by atoms with Crippen molar-refractivity contribution in [1.82, 2.24) is 5.32 Å². The molecule has 0 radical (unpaired) electrons. The summed E-state index contributed by atoms with van der Waals surface area (Å²) >= 11 is 0. The fourth-order valence-electron chi connectivity index (χ4n) is 2.44. The van der Waals surface area contributed by atoms with E-state index in [1.807, 2.05) is 13.0 Å². The molecule has 1 N–H and O–H groups in total. The van der Waals surface area contributed by atoms with Crippen molar-refractivity contribution < 1.29 is 9.13 Å². The number of nitrogens with one attached hydrogen (secondary N) is 1. The van der Waals surface area contributed by atoms with E-state index in [4.69, 9.17) is 4.74 Å². The summed E-state index contributed by atoms with van der Waals surface area (Å²) in [4.78, 5) is 0. The number of hydrogen-bond acceptors (Lipinski definition) is 2. The average molecular weight is 287 g/mol. The van der Waals surface area contributed by atoms with E-state index in [1.54, 1.807) is 12.1 Å². The molecule has 112 valence electrons. The lowest BCUT2D eigenvalue weighted by Crippen LogP contribution is -2.22. The Balaban J connectivity index is 2.42. The molecule has 0 aliphatic rings. The van der Waals surface area contributed by atoms with E-state index >= 15 is 0 Å². The smallest absolute Gasteiger partial charge is 0.165 e. The van der Waals surface area contributed by atoms with Crippen molar-refractivity contribution in [3.05, 3.63) is 64.5 Å². The fourth-order valence-corrected chi connectivity index (χ4v) is 2.44. The standard InChI is InChI=1S/C18H22FNO/c1-5-20-18(14-7-6-12(2)13(3)10-14)15-8-9-17(21-4)16(19)11-15/h6-11,18,20H,5H2,1-4H3. The number of benzene rings is 2. The van der Waals surface area contributed by atoms with Crippen LogP contribution >= 0.6 is 0 Å². The lowest BCUT2D eigenvalue weighted by Gasteiger charge is -2.20. The Morgan fingerprint density at radius 3 is 2.29 bits per heavy atom. The van der Waals surface area contributed by atoms with E-state index in [0.29, 0.717) is 0 Å². The topological polar surface area (TPSA) is 21.3 Å². The summed E-state index contributed by atoms with van der Waals surface area (Å²) in [6.07, 6.45) is 0. The van der Waals surface area contributed by atoms with Crippen LogP contribution in [0, 0.1) is 19.7 Å². The molecule has 0 saturated heterocycles. The lowest BCUT2D eigenvalue weighted by molar-refractivity contribution is 0.385. The molecule has 0 heterocycles. The van der Waals surface area contributed by atoms with Crippen LogP contribution < -0.4 is 10.1 Å². The third-order valence-electron chi connectivity index (χ3n) is 3.78. The first-order chi connectivity index (χ1) is 10.1. The van der Waals surface area contributed by atoms with Crippen molar-refractivity contribution in [2.45, 2.75) is 26.8 Å². The van der Waals surface area contributed by atoms with Crippen LogP contribution in [0.25, 0.3) is 0 Å². The predicted octanol–water partition coefficient (Wildman–Crippen LogP) is 4.15. The van der Waals surface area contributed by atoms with Gasteiger partial charge in [0.05, 0.1) is 13.2 Å². The van der Waals surface area contributed by atoms with Gasteiger partial charge in [0.2, 0.25) is 0 Å². The number of methoxy groups -OCH3 is 1. The third-order valence-corrected chi connectivity index (χ3v) is 3.78. The van der Waals surface area contributed by atoms with Crippen LogP contribution in [0.3, 0.4) is 0 Å². The molecule has 0 spiro atoms. The van der Waals surface area contributed by atoms with E-state index in [0.717, 1.165) is 17.7 Å². The number of hydrogen-bond donors (Lipinski definition) is 1. The molecule has 0 aliphatic carbocycles. The third kappa shape index (κ3) is 3.42. The SMILES string of the molecule is CCNC(c1ccc(C)c(C)c1)c1ccc(OC)c(F)c1. The molecule has 21 heavy (non-hydrogen) atoms. The average Bonchev–Trinajstić information content (AvgIpc) is 2.48. The second-order valence-electron chi connectivity index (χ2n) is 5.23. The highest BCUT2D eigenvalue weighted by Gasteiger charge is 2.15. The molecular formula is C18H22FNO. The first kappa shape index (κ1) is 15.5. The van der Waals surface area contributed by atoms with Crippen LogP contribution in [0.4, 0.5) is 4.39 Å². The molecule has 1 atom stereocenters. The van der Waals surface area contributed by atoms with Crippen LogP contribution in [0.2, 0.25) is 0 Å².